The maximum Gasteiger partial charge on any atom is 0.421 e. The first-order chi connectivity index (χ1) is 24.2. The number of hydrogen-bond donors (Lipinski definition) is 5. The first-order valence-corrected chi connectivity index (χ1v) is 18.2. The number of hydrogen-bond acceptors (Lipinski definition) is 10. The lowest BCUT2D eigenvalue weighted by atomic mass is 9.76. The molecule has 1 amide bonds. The number of H-pyrrole nitrogens is 1. The first-order valence-electron chi connectivity index (χ1n) is 16.6. The van der Waals surface area contributed by atoms with E-state index >= 15 is 0 Å². The van der Waals surface area contributed by atoms with Crippen LogP contribution >= 0.6 is 7.60 Å². The molecule has 0 radical (unpaired) electrons. The number of alkyl halides is 3. The number of ether oxygens (including phenoxy) is 1. The van der Waals surface area contributed by atoms with Gasteiger partial charge in [0.25, 0.3) is 5.91 Å². The van der Waals surface area contributed by atoms with Gasteiger partial charge in [-0.2, -0.15) is 23.4 Å². The largest absolute Gasteiger partial charge is 0.495 e. The zero-order chi connectivity index (χ0) is 36.7. The van der Waals surface area contributed by atoms with E-state index in [2.05, 4.69) is 41.2 Å². The van der Waals surface area contributed by atoms with Gasteiger partial charge in [-0.25, -0.2) is 4.98 Å². The summed E-state index contributed by atoms with van der Waals surface area (Å²) >= 11 is 0. The number of aromatic nitrogens is 6. The quantitative estimate of drug-likeness (QED) is 0.103. The summed E-state index contributed by atoms with van der Waals surface area (Å²) in [6.07, 6.45) is -0.524. The number of aromatic amines is 1. The van der Waals surface area contributed by atoms with Gasteiger partial charge in [0, 0.05) is 25.7 Å². The van der Waals surface area contributed by atoms with Gasteiger partial charge in [0.2, 0.25) is 5.95 Å². The Balaban J connectivity index is 1.32. The lowest BCUT2D eigenvalue weighted by Gasteiger charge is -2.33. The number of fused-ring (bicyclic) bond motifs is 1. The molecule has 0 saturated heterocycles. The van der Waals surface area contributed by atoms with Gasteiger partial charge in [0.1, 0.15) is 17.1 Å². The van der Waals surface area contributed by atoms with E-state index in [1.165, 1.54) is 30.2 Å². The van der Waals surface area contributed by atoms with Crippen LogP contribution in [0.3, 0.4) is 0 Å². The van der Waals surface area contributed by atoms with Crippen LogP contribution < -0.4 is 15.4 Å². The molecular formula is C33H39F3N9O5P. The van der Waals surface area contributed by atoms with E-state index in [-0.39, 0.29) is 53.7 Å². The standard InChI is InChI=1S/C33H39F3N9O5P/c1-5-32(6-2,51(47,48)49)20-11-13-24(26(15-20)50-4)39-31-37-16-23(33(34,35)36)29(40-31)38-25-14-12-21(22-17-45(3)30(46)27(22)25)18-7-9-19(10-8-18)28-41-43-44-42-28/h11-16,18-19H,5-10,17H2,1-4H3,(H2,47,48,49)(H2,37,38,39,40)(H,41,42,43,44)/t18-,19+. The molecule has 4 aromatic rings. The number of anilines is 4. The van der Waals surface area contributed by atoms with Gasteiger partial charge in [-0.15, -0.1) is 10.2 Å². The number of carbonyl (C=O) groups excluding carboxylic acids is 1. The van der Waals surface area contributed by atoms with Crippen LogP contribution in [0.1, 0.15) is 103 Å². The molecule has 2 aromatic carbocycles. The minimum Gasteiger partial charge on any atom is -0.495 e. The van der Waals surface area contributed by atoms with Crippen molar-refractivity contribution in [1.29, 1.82) is 0 Å². The van der Waals surface area contributed by atoms with E-state index in [9.17, 15) is 32.3 Å². The second-order valence-electron chi connectivity index (χ2n) is 12.9. The van der Waals surface area contributed by atoms with Crippen molar-refractivity contribution in [2.24, 2.45) is 0 Å². The van der Waals surface area contributed by atoms with Gasteiger partial charge < -0.3 is 30.1 Å². The van der Waals surface area contributed by atoms with E-state index < -0.39 is 30.3 Å². The maximum atomic E-state index is 14.3. The molecule has 51 heavy (non-hydrogen) atoms. The minimum atomic E-state index is -4.83. The van der Waals surface area contributed by atoms with Crippen molar-refractivity contribution >= 4 is 36.6 Å². The molecule has 3 heterocycles. The molecule has 6 rings (SSSR count). The number of rotatable bonds is 11. The Morgan fingerprint density at radius 1 is 1.04 bits per heavy atom. The van der Waals surface area contributed by atoms with Crippen LogP contribution in [0.15, 0.2) is 36.5 Å². The summed E-state index contributed by atoms with van der Waals surface area (Å²) < 4.78 is 60.9. The van der Waals surface area contributed by atoms with Crippen LogP contribution in [-0.4, -0.2) is 65.3 Å². The van der Waals surface area contributed by atoms with E-state index in [1.807, 2.05) is 6.07 Å². The fourth-order valence-electron chi connectivity index (χ4n) is 7.39. The topological polar surface area (TPSA) is 191 Å². The fraction of sp³-hybridized carbons (Fsp3) is 0.455. The van der Waals surface area contributed by atoms with Crippen molar-refractivity contribution < 1.29 is 37.1 Å². The van der Waals surface area contributed by atoms with Gasteiger partial charge >= 0.3 is 13.8 Å². The number of tetrazole rings is 1. The smallest absolute Gasteiger partial charge is 0.421 e. The van der Waals surface area contributed by atoms with Crippen molar-refractivity contribution in [2.75, 3.05) is 24.8 Å². The fourth-order valence-corrected chi connectivity index (χ4v) is 8.68. The number of methoxy groups -OCH3 is 1. The Morgan fingerprint density at radius 2 is 1.73 bits per heavy atom. The lowest BCUT2D eigenvalue weighted by Crippen LogP contribution is -2.24. The second-order valence-corrected chi connectivity index (χ2v) is 14.9. The highest BCUT2D eigenvalue weighted by atomic mass is 31.2. The molecule has 1 aliphatic heterocycles. The van der Waals surface area contributed by atoms with Gasteiger partial charge in [-0.3, -0.25) is 9.36 Å². The third-order valence-corrected chi connectivity index (χ3v) is 12.3. The summed E-state index contributed by atoms with van der Waals surface area (Å²) in [5.74, 6) is 0.101. The van der Waals surface area contributed by atoms with E-state index in [0.717, 1.165) is 36.8 Å². The van der Waals surface area contributed by atoms with Crippen molar-refractivity contribution in [2.45, 2.75) is 82.1 Å². The molecule has 0 unspecified atom stereocenters. The Morgan fingerprint density at radius 3 is 2.33 bits per heavy atom. The Kier molecular flexibility index (Phi) is 9.83. The summed E-state index contributed by atoms with van der Waals surface area (Å²) in [6, 6.07) is 8.03. The van der Waals surface area contributed by atoms with Crippen molar-refractivity contribution in [3.8, 4) is 5.75 Å². The molecule has 1 saturated carbocycles. The number of amides is 1. The number of carbonyl (C=O) groups is 1. The second kappa shape index (κ2) is 13.8. The number of benzene rings is 2. The van der Waals surface area contributed by atoms with Crippen LogP contribution in [0, 0.1) is 0 Å². The van der Waals surface area contributed by atoms with E-state index in [0.29, 0.717) is 29.7 Å². The van der Waals surface area contributed by atoms with Crippen LogP contribution in [0.25, 0.3) is 0 Å². The molecule has 14 nitrogen and oxygen atoms in total. The molecule has 18 heteroatoms. The third kappa shape index (κ3) is 6.77. The van der Waals surface area contributed by atoms with Gasteiger partial charge in [-0.05, 0) is 79.3 Å². The normalized spacial score (nSPS) is 18.1. The average Bonchev–Trinajstić information content (AvgIpc) is 3.74. The van der Waals surface area contributed by atoms with Crippen LogP contribution in [0.4, 0.5) is 36.3 Å². The highest BCUT2D eigenvalue weighted by molar-refractivity contribution is 7.53. The predicted octanol–water partition coefficient (Wildman–Crippen LogP) is 6.72. The molecule has 2 aliphatic rings. The van der Waals surface area contributed by atoms with Gasteiger partial charge in [0.05, 0.1) is 29.2 Å². The molecule has 272 valence electrons. The predicted molar refractivity (Wildman–Crippen MR) is 181 cm³/mol. The highest BCUT2D eigenvalue weighted by Gasteiger charge is 2.46. The minimum absolute atomic E-state index is 0.152. The summed E-state index contributed by atoms with van der Waals surface area (Å²) in [6.45, 7) is 3.69. The monoisotopic (exact) mass is 729 g/mol. The van der Waals surface area contributed by atoms with Gasteiger partial charge in [-0.1, -0.05) is 31.2 Å². The van der Waals surface area contributed by atoms with Crippen LogP contribution in [0.5, 0.6) is 5.75 Å². The molecule has 1 fully saturated rings. The number of nitrogens with one attached hydrogen (secondary N) is 3. The zero-order valence-electron chi connectivity index (χ0n) is 28.5. The lowest BCUT2D eigenvalue weighted by molar-refractivity contribution is -0.137. The molecule has 0 bridgehead atoms. The summed E-state index contributed by atoms with van der Waals surface area (Å²) in [5.41, 5.74) is 1.73. The van der Waals surface area contributed by atoms with Crippen molar-refractivity contribution in [3.05, 3.63) is 70.2 Å². The van der Waals surface area contributed by atoms with Crippen molar-refractivity contribution in [1.82, 2.24) is 35.5 Å². The average molecular weight is 730 g/mol. The highest BCUT2D eigenvalue weighted by Crippen LogP contribution is 2.61. The molecular weight excluding hydrogens is 690 g/mol. The van der Waals surface area contributed by atoms with Gasteiger partial charge in [0.15, 0.2) is 5.82 Å². The molecule has 0 atom stereocenters. The first kappa shape index (κ1) is 36.2. The van der Waals surface area contributed by atoms with E-state index in [4.69, 9.17) is 4.74 Å². The molecule has 1 aliphatic carbocycles. The molecule has 2 aromatic heterocycles. The zero-order valence-corrected chi connectivity index (χ0v) is 29.3. The molecule has 5 N–H and O–H groups in total. The SMILES string of the molecule is CCC(CC)(c1ccc(Nc2ncc(C(F)(F)F)c(Nc3ccc([C@H]4CC[C@@H](c5nn[nH]n5)CC4)c4c3C(=O)N(C)C4)n2)c(OC)c1)P(=O)(O)O. The number of nitrogens with zero attached hydrogens (tertiary/aromatic N) is 6. The number of halogens is 3. The summed E-state index contributed by atoms with van der Waals surface area (Å²) in [4.78, 5) is 43.5. The summed E-state index contributed by atoms with van der Waals surface area (Å²) in [5, 5.41) is 18.6. The van der Waals surface area contributed by atoms with E-state index in [1.54, 1.807) is 27.0 Å². The Labute approximate surface area is 291 Å². The van der Waals surface area contributed by atoms with Crippen molar-refractivity contribution in [3.63, 3.8) is 0 Å². The summed E-state index contributed by atoms with van der Waals surface area (Å²) in [7, 11) is -1.58. The molecule has 0 spiro atoms. The maximum absolute atomic E-state index is 14.3. The third-order valence-electron chi connectivity index (χ3n) is 10.3. The Hall–Kier alpha value is -4.60. The van der Waals surface area contributed by atoms with Crippen LogP contribution in [0.2, 0.25) is 0 Å². The Bertz CT molecular complexity index is 1960. The van der Waals surface area contributed by atoms with Crippen LogP contribution in [-0.2, 0) is 22.4 Å².